The number of hydrogen-bond acceptors (Lipinski definition) is 3. The van der Waals surface area contributed by atoms with Crippen molar-refractivity contribution in [2.75, 3.05) is 5.32 Å². The van der Waals surface area contributed by atoms with Gasteiger partial charge in [0.1, 0.15) is 5.75 Å². The SMILES string of the molecule is CC1=CC(C)(C)Nc2ccc3c(c21)C(c1ccsc1)Oc1ccccc1-3. The van der Waals surface area contributed by atoms with Gasteiger partial charge in [0.15, 0.2) is 6.10 Å². The lowest BCUT2D eigenvalue weighted by atomic mass is 9.81. The number of nitrogens with one attached hydrogen (secondary N) is 1. The number of hydrogen-bond donors (Lipinski definition) is 1. The first kappa shape index (κ1) is 15.7. The van der Waals surface area contributed by atoms with Gasteiger partial charge in [-0.15, -0.1) is 0 Å². The monoisotopic (exact) mass is 359 g/mol. The van der Waals surface area contributed by atoms with Gasteiger partial charge < -0.3 is 10.1 Å². The van der Waals surface area contributed by atoms with Crippen LogP contribution in [0, 0.1) is 0 Å². The van der Waals surface area contributed by atoms with E-state index in [9.17, 15) is 0 Å². The lowest BCUT2D eigenvalue weighted by Crippen LogP contribution is -2.32. The summed E-state index contributed by atoms with van der Waals surface area (Å²) in [6.07, 6.45) is 2.24. The third-order valence-electron chi connectivity index (χ3n) is 5.20. The van der Waals surface area contributed by atoms with Crippen LogP contribution in [0.4, 0.5) is 5.69 Å². The molecule has 0 bridgehead atoms. The van der Waals surface area contributed by atoms with Gasteiger partial charge in [0.05, 0.1) is 5.54 Å². The fourth-order valence-corrected chi connectivity index (χ4v) is 4.96. The standard InChI is InChI=1S/C23H21NOS/c1-14-12-23(2,3)24-18-9-8-17-16-6-4-5-7-19(16)25-22(21(17)20(14)18)15-10-11-26-13-15/h4-13,22,24H,1-3H3. The van der Waals surface area contributed by atoms with Crippen LogP contribution < -0.4 is 10.1 Å². The molecule has 5 rings (SSSR count). The Kier molecular flexibility index (Phi) is 3.32. The zero-order valence-electron chi connectivity index (χ0n) is 15.2. The number of ether oxygens (including phenoxy) is 1. The van der Waals surface area contributed by atoms with Crippen molar-refractivity contribution < 1.29 is 4.74 Å². The second kappa shape index (κ2) is 5.49. The number of allylic oxidation sites excluding steroid dienone is 1. The molecule has 2 aliphatic heterocycles. The van der Waals surface area contributed by atoms with Gasteiger partial charge in [-0.25, -0.2) is 0 Å². The van der Waals surface area contributed by atoms with Crippen molar-refractivity contribution in [1.82, 2.24) is 0 Å². The molecule has 2 aromatic carbocycles. The fraction of sp³-hybridized carbons (Fsp3) is 0.217. The van der Waals surface area contributed by atoms with Gasteiger partial charge in [-0.3, -0.25) is 0 Å². The van der Waals surface area contributed by atoms with E-state index in [1.54, 1.807) is 11.3 Å². The predicted molar refractivity (Wildman–Crippen MR) is 110 cm³/mol. The van der Waals surface area contributed by atoms with Crippen molar-refractivity contribution in [2.45, 2.75) is 32.4 Å². The van der Waals surface area contributed by atoms with E-state index in [1.165, 1.54) is 39.1 Å². The number of para-hydroxylation sites is 1. The van der Waals surface area contributed by atoms with E-state index in [0.717, 1.165) is 5.75 Å². The van der Waals surface area contributed by atoms with Crippen LogP contribution in [-0.4, -0.2) is 5.54 Å². The van der Waals surface area contributed by atoms with Crippen LogP contribution >= 0.6 is 11.3 Å². The van der Waals surface area contributed by atoms with Crippen molar-refractivity contribution in [3.8, 4) is 16.9 Å². The van der Waals surface area contributed by atoms with E-state index in [4.69, 9.17) is 4.74 Å². The average Bonchev–Trinajstić information content (AvgIpc) is 3.13. The highest BCUT2D eigenvalue weighted by molar-refractivity contribution is 7.08. The van der Waals surface area contributed by atoms with Gasteiger partial charge >= 0.3 is 0 Å². The van der Waals surface area contributed by atoms with Crippen molar-refractivity contribution in [2.24, 2.45) is 0 Å². The Morgan fingerprint density at radius 1 is 1.04 bits per heavy atom. The van der Waals surface area contributed by atoms with E-state index in [-0.39, 0.29) is 11.6 Å². The first-order valence-electron chi connectivity index (χ1n) is 8.96. The molecule has 26 heavy (non-hydrogen) atoms. The van der Waals surface area contributed by atoms with E-state index in [0.29, 0.717) is 0 Å². The molecule has 0 amide bonds. The van der Waals surface area contributed by atoms with Crippen LogP contribution in [0.5, 0.6) is 5.75 Å². The molecule has 1 aromatic heterocycles. The minimum atomic E-state index is -0.0764. The number of benzene rings is 2. The average molecular weight is 359 g/mol. The van der Waals surface area contributed by atoms with Crippen LogP contribution in [0.3, 0.4) is 0 Å². The molecule has 0 radical (unpaired) electrons. The normalized spacial score (nSPS) is 19.3. The summed E-state index contributed by atoms with van der Waals surface area (Å²) in [5.74, 6) is 0.960. The lowest BCUT2D eigenvalue weighted by molar-refractivity contribution is 0.244. The minimum absolute atomic E-state index is 0.0450. The van der Waals surface area contributed by atoms with E-state index in [2.05, 4.69) is 79.3 Å². The molecular weight excluding hydrogens is 338 g/mol. The summed E-state index contributed by atoms with van der Waals surface area (Å²) in [4.78, 5) is 0. The van der Waals surface area contributed by atoms with E-state index >= 15 is 0 Å². The number of fused-ring (bicyclic) bond motifs is 5. The number of thiophene rings is 1. The molecule has 2 aliphatic rings. The first-order valence-corrected chi connectivity index (χ1v) is 9.91. The molecule has 0 saturated carbocycles. The number of anilines is 1. The molecule has 3 aromatic rings. The molecule has 0 spiro atoms. The Morgan fingerprint density at radius 2 is 1.88 bits per heavy atom. The first-order chi connectivity index (χ1) is 12.5. The Hall–Kier alpha value is -2.52. The van der Waals surface area contributed by atoms with Crippen molar-refractivity contribution in [3.63, 3.8) is 0 Å². The van der Waals surface area contributed by atoms with Crippen LogP contribution in [0.15, 0.2) is 59.3 Å². The third kappa shape index (κ3) is 2.31. The third-order valence-corrected chi connectivity index (χ3v) is 5.91. The van der Waals surface area contributed by atoms with Gasteiger partial charge in [0, 0.05) is 27.9 Å². The Bertz CT molecular complexity index is 1030. The van der Waals surface area contributed by atoms with Gasteiger partial charge in [0.2, 0.25) is 0 Å². The van der Waals surface area contributed by atoms with Crippen LogP contribution in [0.2, 0.25) is 0 Å². The smallest absolute Gasteiger partial charge is 0.151 e. The van der Waals surface area contributed by atoms with Crippen molar-refractivity contribution in [1.29, 1.82) is 0 Å². The molecule has 1 N–H and O–H groups in total. The highest BCUT2D eigenvalue weighted by atomic mass is 32.1. The molecule has 1 unspecified atom stereocenters. The molecule has 130 valence electrons. The maximum atomic E-state index is 6.52. The molecule has 0 saturated heterocycles. The quantitative estimate of drug-likeness (QED) is 0.535. The zero-order chi connectivity index (χ0) is 17.9. The Morgan fingerprint density at radius 3 is 2.69 bits per heavy atom. The second-order valence-corrected chi connectivity index (χ2v) is 8.45. The highest BCUT2D eigenvalue weighted by Gasteiger charge is 2.34. The topological polar surface area (TPSA) is 21.3 Å². The van der Waals surface area contributed by atoms with Crippen LogP contribution in [0.1, 0.15) is 43.6 Å². The Labute approximate surface area is 158 Å². The zero-order valence-corrected chi connectivity index (χ0v) is 16.0. The predicted octanol–water partition coefficient (Wildman–Crippen LogP) is 6.50. The highest BCUT2D eigenvalue weighted by Crippen LogP contribution is 2.50. The van der Waals surface area contributed by atoms with Gasteiger partial charge in [-0.1, -0.05) is 30.3 Å². The van der Waals surface area contributed by atoms with Gasteiger partial charge in [-0.05, 0) is 60.9 Å². The summed E-state index contributed by atoms with van der Waals surface area (Å²) < 4.78 is 6.52. The summed E-state index contributed by atoms with van der Waals surface area (Å²) >= 11 is 1.72. The Balaban J connectivity index is 1.82. The summed E-state index contributed by atoms with van der Waals surface area (Å²) in [7, 11) is 0. The molecule has 1 atom stereocenters. The molecule has 2 nitrogen and oxygen atoms in total. The van der Waals surface area contributed by atoms with E-state index < -0.39 is 0 Å². The van der Waals surface area contributed by atoms with Crippen LogP contribution in [0.25, 0.3) is 16.7 Å². The summed E-state index contributed by atoms with van der Waals surface area (Å²) in [6.45, 7) is 6.63. The van der Waals surface area contributed by atoms with Gasteiger partial charge in [0.25, 0.3) is 0 Å². The summed E-state index contributed by atoms with van der Waals surface area (Å²) in [5.41, 5.74) is 8.68. The molecule has 0 aliphatic carbocycles. The number of rotatable bonds is 1. The summed E-state index contributed by atoms with van der Waals surface area (Å²) in [6, 6.07) is 15.0. The van der Waals surface area contributed by atoms with E-state index in [1.807, 2.05) is 6.07 Å². The largest absolute Gasteiger partial charge is 0.480 e. The minimum Gasteiger partial charge on any atom is -0.480 e. The molecular formula is C23H21NOS. The molecule has 3 heteroatoms. The van der Waals surface area contributed by atoms with Crippen molar-refractivity contribution >= 4 is 22.6 Å². The summed E-state index contributed by atoms with van der Waals surface area (Å²) in [5, 5.41) is 8.00. The van der Waals surface area contributed by atoms with Crippen molar-refractivity contribution in [3.05, 3.63) is 76.0 Å². The van der Waals surface area contributed by atoms with Crippen LogP contribution in [-0.2, 0) is 0 Å². The second-order valence-electron chi connectivity index (χ2n) is 7.67. The fourth-order valence-electron chi connectivity index (χ4n) is 4.29. The maximum absolute atomic E-state index is 6.52. The molecule has 3 heterocycles. The maximum Gasteiger partial charge on any atom is 0.151 e. The van der Waals surface area contributed by atoms with Gasteiger partial charge in [-0.2, -0.15) is 11.3 Å². The lowest BCUT2D eigenvalue weighted by Gasteiger charge is -2.37. The molecule has 0 fully saturated rings.